The molecule has 118 valence electrons. The highest BCUT2D eigenvalue weighted by Crippen LogP contribution is 2.29. The third-order valence-electron chi connectivity index (χ3n) is 4.39. The smallest absolute Gasteiger partial charge is 0.269 e. The Labute approximate surface area is 129 Å². The van der Waals surface area contributed by atoms with Crippen molar-refractivity contribution in [2.45, 2.75) is 44.6 Å². The minimum absolute atomic E-state index is 0.00950. The minimum Gasteiger partial charge on any atom is -0.379 e. The van der Waals surface area contributed by atoms with E-state index in [1.807, 2.05) is 4.90 Å². The third kappa shape index (κ3) is 2.98. The fourth-order valence-corrected chi connectivity index (χ4v) is 3.06. The van der Waals surface area contributed by atoms with Gasteiger partial charge < -0.3 is 9.74 Å². The van der Waals surface area contributed by atoms with E-state index < -0.39 is 5.60 Å². The van der Waals surface area contributed by atoms with E-state index >= 15 is 0 Å². The molecule has 0 N–H and O–H groups in total. The van der Waals surface area contributed by atoms with E-state index in [1.165, 1.54) is 25.0 Å². The molecule has 1 fully saturated rings. The topological polar surface area (TPSA) is 41.9 Å². The molecule has 1 atom stereocenters. The standard InChI is InChI=1S/C17H21FN2O2/c1-17(16(21)20-10-4-2-3-5-11-20)12-15(19-22-17)13-6-8-14(18)9-7-13/h6-9H,2-5,10-12H2,1H3. The van der Waals surface area contributed by atoms with Crippen LogP contribution >= 0.6 is 0 Å². The zero-order valence-electron chi connectivity index (χ0n) is 12.8. The summed E-state index contributed by atoms with van der Waals surface area (Å²) in [5.41, 5.74) is 0.563. The summed E-state index contributed by atoms with van der Waals surface area (Å²) in [6.07, 6.45) is 4.88. The summed E-state index contributed by atoms with van der Waals surface area (Å²) >= 11 is 0. The molecule has 2 aliphatic rings. The molecule has 22 heavy (non-hydrogen) atoms. The molecule has 1 aromatic carbocycles. The van der Waals surface area contributed by atoms with Crippen LogP contribution in [-0.2, 0) is 9.63 Å². The Kier molecular flexibility index (Phi) is 4.14. The number of carbonyl (C=O) groups excluding carboxylic acids is 1. The van der Waals surface area contributed by atoms with E-state index in [4.69, 9.17) is 4.84 Å². The van der Waals surface area contributed by atoms with Crippen molar-refractivity contribution < 1.29 is 14.0 Å². The predicted molar refractivity (Wildman–Crippen MR) is 82.1 cm³/mol. The van der Waals surface area contributed by atoms with Crippen molar-refractivity contribution in [1.82, 2.24) is 4.90 Å². The van der Waals surface area contributed by atoms with Crippen molar-refractivity contribution in [3.63, 3.8) is 0 Å². The lowest BCUT2D eigenvalue weighted by Gasteiger charge is -2.29. The van der Waals surface area contributed by atoms with Gasteiger partial charge in [0.2, 0.25) is 5.60 Å². The zero-order valence-corrected chi connectivity index (χ0v) is 12.8. The molecule has 0 spiro atoms. The number of hydrogen-bond acceptors (Lipinski definition) is 3. The first kappa shape index (κ1) is 15.0. The third-order valence-corrected chi connectivity index (χ3v) is 4.39. The summed E-state index contributed by atoms with van der Waals surface area (Å²) in [4.78, 5) is 20.2. The van der Waals surface area contributed by atoms with Crippen molar-refractivity contribution in [1.29, 1.82) is 0 Å². The van der Waals surface area contributed by atoms with Crippen molar-refractivity contribution in [3.05, 3.63) is 35.6 Å². The summed E-state index contributed by atoms with van der Waals surface area (Å²) in [6, 6.07) is 6.12. The van der Waals surface area contributed by atoms with Crippen LogP contribution in [0.1, 0.15) is 44.6 Å². The minimum atomic E-state index is -0.936. The van der Waals surface area contributed by atoms with Crippen molar-refractivity contribution in [2.24, 2.45) is 5.16 Å². The van der Waals surface area contributed by atoms with Crippen LogP contribution in [0.25, 0.3) is 0 Å². The van der Waals surface area contributed by atoms with Gasteiger partial charge in [-0.1, -0.05) is 30.1 Å². The van der Waals surface area contributed by atoms with Crippen LogP contribution < -0.4 is 0 Å². The molecule has 0 aromatic heterocycles. The highest BCUT2D eigenvalue weighted by Gasteiger charge is 2.44. The summed E-state index contributed by atoms with van der Waals surface area (Å²) in [5, 5.41) is 4.07. The average Bonchev–Trinajstić information content (AvgIpc) is 2.75. The molecule has 4 nitrogen and oxygen atoms in total. The van der Waals surface area contributed by atoms with Crippen LogP contribution in [0, 0.1) is 5.82 Å². The van der Waals surface area contributed by atoms with Gasteiger partial charge in [0.15, 0.2) is 0 Å². The molecule has 1 aromatic rings. The molecule has 2 aliphatic heterocycles. The van der Waals surface area contributed by atoms with Gasteiger partial charge in [-0.05, 0) is 37.5 Å². The number of rotatable bonds is 2. The van der Waals surface area contributed by atoms with Gasteiger partial charge >= 0.3 is 0 Å². The van der Waals surface area contributed by atoms with Gasteiger partial charge in [-0.2, -0.15) is 0 Å². The average molecular weight is 304 g/mol. The number of likely N-dealkylation sites (tertiary alicyclic amines) is 1. The lowest BCUT2D eigenvalue weighted by molar-refractivity contribution is -0.153. The highest BCUT2D eigenvalue weighted by molar-refractivity contribution is 6.05. The van der Waals surface area contributed by atoms with Crippen LogP contribution in [0.2, 0.25) is 0 Å². The molecule has 0 bridgehead atoms. The number of carbonyl (C=O) groups is 1. The van der Waals surface area contributed by atoms with Gasteiger partial charge in [0.25, 0.3) is 5.91 Å². The van der Waals surface area contributed by atoms with Crippen LogP contribution in [0.5, 0.6) is 0 Å². The molecule has 0 saturated carbocycles. The summed E-state index contributed by atoms with van der Waals surface area (Å²) in [5.74, 6) is -0.276. The number of amides is 1. The number of halogens is 1. The van der Waals surface area contributed by atoms with Gasteiger partial charge in [-0.15, -0.1) is 0 Å². The van der Waals surface area contributed by atoms with Gasteiger partial charge in [-0.3, -0.25) is 4.79 Å². The Hall–Kier alpha value is -1.91. The number of benzene rings is 1. The van der Waals surface area contributed by atoms with Crippen LogP contribution in [-0.4, -0.2) is 35.2 Å². The van der Waals surface area contributed by atoms with E-state index in [-0.39, 0.29) is 11.7 Å². The zero-order chi connectivity index (χ0) is 15.6. The fourth-order valence-electron chi connectivity index (χ4n) is 3.06. The molecule has 1 saturated heterocycles. The highest BCUT2D eigenvalue weighted by atomic mass is 19.1. The molecule has 1 unspecified atom stereocenters. The van der Waals surface area contributed by atoms with Gasteiger partial charge in [0, 0.05) is 19.5 Å². The van der Waals surface area contributed by atoms with Crippen LogP contribution in [0.4, 0.5) is 4.39 Å². The molecule has 0 aliphatic carbocycles. The maximum Gasteiger partial charge on any atom is 0.269 e. The van der Waals surface area contributed by atoms with E-state index in [2.05, 4.69) is 5.16 Å². The Balaban J connectivity index is 1.70. The molecule has 2 heterocycles. The largest absolute Gasteiger partial charge is 0.379 e. The lowest BCUT2D eigenvalue weighted by atomic mass is 9.94. The van der Waals surface area contributed by atoms with Crippen LogP contribution in [0.15, 0.2) is 29.4 Å². The maximum atomic E-state index is 13.0. The maximum absolute atomic E-state index is 13.0. The second-order valence-electron chi connectivity index (χ2n) is 6.25. The number of hydrogen-bond donors (Lipinski definition) is 0. The quantitative estimate of drug-likeness (QED) is 0.842. The normalized spacial score (nSPS) is 25.4. The number of nitrogens with zero attached hydrogens (tertiary/aromatic N) is 2. The molecule has 3 rings (SSSR count). The van der Waals surface area contributed by atoms with E-state index in [0.29, 0.717) is 12.1 Å². The van der Waals surface area contributed by atoms with Crippen molar-refractivity contribution >= 4 is 11.6 Å². The summed E-state index contributed by atoms with van der Waals surface area (Å²) < 4.78 is 13.0. The van der Waals surface area contributed by atoms with E-state index in [0.717, 1.165) is 31.5 Å². The monoisotopic (exact) mass is 304 g/mol. The lowest BCUT2D eigenvalue weighted by Crippen LogP contribution is -2.47. The van der Waals surface area contributed by atoms with E-state index in [9.17, 15) is 9.18 Å². The molecule has 5 heteroatoms. The molecule has 0 radical (unpaired) electrons. The first-order chi connectivity index (χ1) is 10.6. The second-order valence-corrected chi connectivity index (χ2v) is 6.25. The Morgan fingerprint density at radius 2 is 1.82 bits per heavy atom. The molecular weight excluding hydrogens is 283 g/mol. The SMILES string of the molecule is CC1(C(=O)N2CCCCCC2)CC(c2ccc(F)cc2)=NO1. The Bertz CT molecular complexity index is 577. The van der Waals surface area contributed by atoms with Crippen molar-refractivity contribution in [2.75, 3.05) is 13.1 Å². The first-order valence-corrected chi connectivity index (χ1v) is 7.89. The molecule has 1 amide bonds. The predicted octanol–water partition coefficient (Wildman–Crippen LogP) is 3.11. The summed E-state index contributed by atoms with van der Waals surface area (Å²) in [6.45, 7) is 3.38. The van der Waals surface area contributed by atoms with Crippen molar-refractivity contribution in [3.8, 4) is 0 Å². The second kappa shape index (κ2) is 6.07. The molecular formula is C17H21FN2O2. The Morgan fingerprint density at radius 3 is 2.45 bits per heavy atom. The number of oxime groups is 1. The van der Waals surface area contributed by atoms with Gasteiger partial charge in [-0.25, -0.2) is 4.39 Å². The van der Waals surface area contributed by atoms with Crippen LogP contribution in [0.3, 0.4) is 0 Å². The summed E-state index contributed by atoms with van der Waals surface area (Å²) in [7, 11) is 0. The van der Waals surface area contributed by atoms with E-state index in [1.54, 1.807) is 19.1 Å². The fraction of sp³-hybridized carbons (Fsp3) is 0.529. The van der Waals surface area contributed by atoms with Gasteiger partial charge in [0.1, 0.15) is 5.82 Å². The Morgan fingerprint density at radius 1 is 1.18 bits per heavy atom. The van der Waals surface area contributed by atoms with Gasteiger partial charge in [0.05, 0.1) is 5.71 Å². The first-order valence-electron chi connectivity index (χ1n) is 7.89.